The van der Waals surface area contributed by atoms with Gasteiger partial charge in [0.05, 0.1) is 25.3 Å². The number of amides is 2. The predicted molar refractivity (Wildman–Crippen MR) is 182 cm³/mol. The number of carbonyl (C=O) groups is 4. The largest absolute Gasteiger partial charge is 0.465 e. The van der Waals surface area contributed by atoms with Crippen LogP contribution in [0.1, 0.15) is 119 Å². The van der Waals surface area contributed by atoms with Crippen molar-refractivity contribution in [1.29, 1.82) is 0 Å². The maximum atomic E-state index is 14.3. The van der Waals surface area contributed by atoms with Gasteiger partial charge in [-0.2, -0.15) is 0 Å². The van der Waals surface area contributed by atoms with Crippen LogP contribution in [0.5, 0.6) is 0 Å². The topological polar surface area (TPSA) is 90.0 Å². The van der Waals surface area contributed by atoms with Crippen molar-refractivity contribution in [1.82, 2.24) is 4.90 Å². The first kappa shape index (κ1) is 31.5. The summed E-state index contributed by atoms with van der Waals surface area (Å²) in [6, 6.07) is 14.5. The van der Waals surface area contributed by atoms with Crippen LogP contribution in [-0.4, -0.2) is 48.9 Å². The van der Waals surface area contributed by atoms with E-state index in [2.05, 4.69) is 13.8 Å². The van der Waals surface area contributed by atoms with E-state index in [1.165, 1.54) is 14.2 Å². The summed E-state index contributed by atoms with van der Waals surface area (Å²) >= 11 is 0. The first-order chi connectivity index (χ1) is 22.4. The van der Waals surface area contributed by atoms with Gasteiger partial charge in [-0.3, -0.25) is 14.5 Å². The number of hydrogen-bond donors (Lipinski definition) is 0. The molecule has 7 nitrogen and oxygen atoms in total. The normalized spacial score (nSPS) is 13.2. The van der Waals surface area contributed by atoms with Gasteiger partial charge in [-0.25, -0.2) is 9.59 Å². The number of rotatable bonds is 13. The minimum Gasteiger partial charge on any atom is -0.465 e. The van der Waals surface area contributed by atoms with Gasteiger partial charge in [0.1, 0.15) is 0 Å². The van der Waals surface area contributed by atoms with Crippen molar-refractivity contribution in [3.8, 4) is 0 Å². The van der Waals surface area contributed by atoms with Crippen molar-refractivity contribution in [3.63, 3.8) is 0 Å². The molecule has 0 atom stereocenters. The lowest BCUT2D eigenvalue weighted by Gasteiger charge is -2.35. The molecule has 5 aromatic carbocycles. The van der Waals surface area contributed by atoms with Crippen molar-refractivity contribution in [2.75, 3.05) is 14.2 Å². The van der Waals surface area contributed by atoms with Gasteiger partial charge in [0.15, 0.2) is 0 Å². The highest BCUT2D eigenvalue weighted by molar-refractivity contribution is 6.39. The molecule has 0 aliphatic carbocycles. The van der Waals surface area contributed by atoms with Crippen LogP contribution in [0.2, 0.25) is 0 Å². The first-order valence-electron chi connectivity index (χ1n) is 16.6. The Morgan fingerprint density at radius 2 is 0.978 bits per heavy atom. The van der Waals surface area contributed by atoms with Gasteiger partial charge in [-0.1, -0.05) is 89.5 Å². The average molecular weight is 620 g/mol. The lowest BCUT2D eigenvalue weighted by atomic mass is 9.82. The van der Waals surface area contributed by atoms with E-state index in [1.54, 1.807) is 17.0 Å². The van der Waals surface area contributed by atoms with E-state index in [4.69, 9.17) is 9.47 Å². The Balaban J connectivity index is 1.55. The summed E-state index contributed by atoms with van der Waals surface area (Å²) in [5.41, 5.74) is 1.61. The van der Waals surface area contributed by atoms with Crippen LogP contribution in [0.15, 0.2) is 48.5 Å². The van der Waals surface area contributed by atoms with Crippen molar-refractivity contribution in [3.05, 3.63) is 70.8 Å². The number of ether oxygens (including phenoxy) is 2. The molecule has 1 aliphatic heterocycles. The Morgan fingerprint density at radius 1 is 0.565 bits per heavy atom. The van der Waals surface area contributed by atoms with E-state index >= 15 is 0 Å². The van der Waals surface area contributed by atoms with Crippen molar-refractivity contribution in [2.24, 2.45) is 0 Å². The number of carbonyl (C=O) groups excluding carboxylic acids is 4. The summed E-state index contributed by atoms with van der Waals surface area (Å²) < 4.78 is 10.2. The number of fused-ring (bicyclic) bond motifs is 2. The number of nitrogens with zero attached hydrogens (tertiary/aromatic N) is 1. The smallest absolute Gasteiger partial charge is 0.338 e. The quantitative estimate of drug-likeness (QED) is 0.0429. The molecule has 0 spiro atoms. The summed E-state index contributed by atoms with van der Waals surface area (Å²) in [7, 11) is 2.62. The molecular weight excluding hydrogens is 578 g/mol. The number of methoxy groups -OCH3 is 2. The maximum Gasteiger partial charge on any atom is 0.338 e. The average Bonchev–Trinajstić information content (AvgIpc) is 3.08. The first-order valence-corrected chi connectivity index (χ1v) is 16.6. The number of hydrogen-bond acceptors (Lipinski definition) is 6. The van der Waals surface area contributed by atoms with Gasteiger partial charge in [0.2, 0.25) is 0 Å². The highest BCUT2D eigenvalue weighted by atomic mass is 16.5. The highest BCUT2D eigenvalue weighted by Gasteiger charge is 2.38. The summed E-state index contributed by atoms with van der Waals surface area (Å²) in [6.07, 6.45) is 10.4. The number of imide groups is 1. The molecule has 0 unspecified atom stereocenters. The molecule has 1 aliphatic rings. The van der Waals surface area contributed by atoms with Crippen molar-refractivity contribution < 1.29 is 28.7 Å². The second-order valence-corrected chi connectivity index (χ2v) is 12.5. The van der Waals surface area contributed by atoms with E-state index in [0.29, 0.717) is 21.9 Å². The third-order valence-corrected chi connectivity index (χ3v) is 9.76. The van der Waals surface area contributed by atoms with Gasteiger partial charge < -0.3 is 9.47 Å². The Labute approximate surface area is 269 Å². The minimum atomic E-state index is -0.555. The molecule has 0 bridgehead atoms. The van der Waals surface area contributed by atoms with E-state index in [9.17, 15) is 19.2 Å². The maximum absolute atomic E-state index is 14.3. The molecule has 46 heavy (non-hydrogen) atoms. The van der Waals surface area contributed by atoms with Crippen LogP contribution in [0.4, 0.5) is 0 Å². The third kappa shape index (κ3) is 5.06. The van der Waals surface area contributed by atoms with Gasteiger partial charge in [-0.05, 0) is 69.4 Å². The highest BCUT2D eigenvalue weighted by Crippen LogP contribution is 2.45. The molecule has 2 amide bonds. The number of esters is 2. The van der Waals surface area contributed by atoms with Crippen LogP contribution in [0.3, 0.4) is 0 Å². The van der Waals surface area contributed by atoms with Gasteiger partial charge in [0.25, 0.3) is 11.8 Å². The van der Waals surface area contributed by atoms with E-state index in [-0.39, 0.29) is 29.0 Å². The van der Waals surface area contributed by atoms with Crippen LogP contribution in [0, 0.1) is 0 Å². The van der Waals surface area contributed by atoms with Crippen LogP contribution < -0.4 is 0 Å². The zero-order valence-corrected chi connectivity index (χ0v) is 27.2. The lowest BCUT2D eigenvalue weighted by Crippen LogP contribution is -2.47. The lowest BCUT2D eigenvalue weighted by molar-refractivity contribution is 0.0514. The monoisotopic (exact) mass is 619 g/mol. The molecule has 0 radical (unpaired) electrons. The standard InChI is InChI=1S/C39H41NO6/c1-5-7-9-11-13-23(14-12-10-8-6-2)40-36(41)28-19-15-24-26-17-21-30(38(43)45-3)35-31(39(44)46-4)22-18-27(33(26)35)25-16-20-29(37(40)42)34(28)32(24)25/h15-23H,5-14H2,1-4H3. The minimum absolute atomic E-state index is 0.132. The summed E-state index contributed by atoms with van der Waals surface area (Å²) in [6.45, 7) is 4.37. The molecule has 0 N–H and O–H groups in total. The second kappa shape index (κ2) is 13.1. The number of unbranched alkanes of at least 4 members (excludes halogenated alkanes) is 6. The van der Waals surface area contributed by atoms with Gasteiger partial charge in [-0.15, -0.1) is 0 Å². The van der Waals surface area contributed by atoms with E-state index < -0.39 is 11.9 Å². The molecule has 0 fully saturated rings. The molecule has 1 heterocycles. The van der Waals surface area contributed by atoms with Crippen molar-refractivity contribution >= 4 is 66.8 Å². The molecule has 0 aromatic heterocycles. The SMILES string of the molecule is CCCCCCC(CCCCCC)N1C(=O)c2ccc3c4ccc(C(=O)OC)c5c(C(=O)OC)ccc(c6ccc(c2c36)C1=O)c54. The third-order valence-electron chi connectivity index (χ3n) is 9.76. The molecule has 0 saturated carbocycles. The molecule has 238 valence electrons. The molecule has 0 saturated heterocycles. The fraction of sp³-hybridized carbons (Fsp3) is 0.385. The Morgan fingerprint density at radius 3 is 1.39 bits per heavy atom. The Hall–Kier alpha value is -4.52. The Bertz CT molecular complexity index is 1860. The Kier molecular flexibility index (Phi) is 8.94. The van der Waals surface area contributed by atoms with Gasteiger partial charge >= 0.3 is 11.9 Å². The van der Waals surface area contributed by atoms with Gasteiger partial charge in [0, 0.05) is 27.9 Å². The van der Waals surface area contributed by atoms with Crippen LogP contribution >= 0.6 is 0 Å². The fourth-order valence-corrected chi connectivity index (χ4v) is 7.50. The van der Waals surface area contributed by atoms with Crippen molar-refractivity contribution in [2.45, 2.75) is 84.1 Å². The summed E-state index contributed by atoms with van der Waals surface area (Å²) in [5.74, 6) is -1.56. The molecule has 5 aromatic rings. The second-order valence-electron chi connectivity index (χ2n) is 12.5. The van der Waals surface area contributed by atoms with E-state index in [1.807, 2.05) is 36.4 Å². The zero-order chi connectivity index (χ0) is 32.5. The molecular formula is C39H41NO6. The summed E-state index contributed by atoms with van der Waals surface area (Å²) in [5, 5.41) is 6.01. The predicted octanol–water partition coefficient (Wildman–Crippen LogP) is 9.22. The van der Waals surface area contributed by atoms with Crippen LogP contribution in [0.25, 0.3) is 43.1 Å². The molecule has 6 rings (SSSR count). The zero-order valence-electron chi connectivity index (χ0n) is 27.2. The fourth-order valence-electron chi connectivity index (χ4n) is 7.50. The van der Waals surface area contributed by atoms with Crippen LogP contribution in [-0.2, 0) is 9.47 Å². The molecule has 7 heteroatoms. The summed E-state index contributed by atoms with van der Waals surface area (Å²) in [4.78, 5) is 56.0. The number of benzene rings is 5. The van der Waals surface area contributed by atoms with E-state index in [0.717, 1.165) is 96.5 Å².